The van der Waals surface area contributed by atoms with Crippen molar-refractivity contribution in [2.75, 3.05) is 13.1 Å². The number of rotatable bonds is 9. The number of benzene rings is 1. The van der Waals surface area contributed by atoms with E-state index in [1.165, 1.54) is 0 Å². The van der Waals surface area contributed by atoms with Crippen molar-refractivity contribution in [2.24, 2.45) is 4.99 Å². The molecule has 6 nitrogen and oxygen atoms in total. The number of hydrogen-bond acceptors (Lipinski definition) is 5. The number of aromatic nitrogens is 2. The molecule has 0 aliphatic heterocycles. The minimum Gasteiger partial charge on any atom is -0.473 e. The van der Waals surface area contributed by atoms with E-state index >= 15 is 0 Å². The summed E-state index contributed by atoms with van der Waals surface area (Å²) in [6, 6.07) is 14.0. The predicted octanol–water partition coefficient (Wildman–Crippen LogP) is 3.72. The number of ether oxygens (including phenoxy) is 1. The van der Waals surface area contributed by atoms with Crippen LogP contribution < -0.4 is 15.4 Å². The predicted molar refractivity (Wildman–Crippen MR) is 118 cm³/mol. The second-order valence-electron chi connectivity index (χ2n) is 6.51. The zero-order valence-corrected chi connectivity index (χ0v) is 17.7. The molecule has 0 atom stereocenters. The molecule has 152 valence electrons. The molecule has 29 heavy (non-hydrogen) atoms. The smallest absolute Gasteiger partial charge is 0.213 e. The van der Waals surface area contributed by atoms with Gasteiger partial charge in [0, 0.05) is 37.2 Å². The minimum atomic E-state index is 0.501. The van der Waals surface area contributed by atoms with Crippen LogP contribution in [0.1, 0.15) is 28.8 Å². The van der Waals surface area contributed by atoms with E-state index in [0.717, 1.165) is 47.3 Å². The van der Waals surface area contributed by atoms with Crippen LogP contribution in [0.4, 0.5) is 0 Å². The Labute approximate surface area is 176 Å². The van der Waals surface area contributed by atoms with Crippen molar-refractivity contribution in [3.63, 3.8) is 0 Å². The summed E-state index contributed by atoms with van der Waals surface area (Å²) in [6.07, 6.45) is 2.64. The van der Waals surface area contributed by atoms with Gasteiger partial charge in [-0.2, -0.15) is 0 Å². The molecule has 0 bridgehead atoms. The van der Waals surface area contributed by atoms with Crippen LogP contribution in [-0.4, -0.2) is 29.0 Å². The second kappa shape index (κ2) is 11.2. The van der Waals surface area contributed by atoms with Gasteiger partial charge in [0.25, 0.3) is 0 Å². The highest BCUT2D eigenvalue weighted by Crippen LogP contribution is 2.12. The van der Waals surface area contributed by atoms with Crippen LogP contribution >= 0.6 is 11.3 Å². The summed E-state index contributed by atoms with van der Waals surface area (Å²) in [5.41, 5.74) is 3.28. The van der Waals surface area contributed by atoms with Crippen molar-refractivity contribution in [2.45, 2.75) is 33.4 Å². The van der Waals surface area contributed by atoms with Crippen LogP contribution in [0, 0.1) is 6.92 Å². The van der Waals surface area contributed by atoms with Gasteiger partial charge in [0.1, 0.15) is 6.61 Å². The summed E-state index contributed by atoms with van der Waals surface area (Å²) in [6.45, 7) is 6.74. The van der Waals surface area contributed by atoms with Gasteiger partial charge in [0.15, 0.2) is 5.96 Å². The van der Waals surface area contributed by atoms with E-state index in [1.807, 2.05) is 49.4 Å². The standard InChI is InChI=1S/C22H27N5OS/c1-3-23-22(25-12-10-20-16-29-17(2)27-20)26-14-19-9-11-24-21(13-19)28-15-18-7-5-4-6-8-18/h4-9,11,13,16H,3,10,12,14-15H2,1-2H3,(H2,23,25,26). The van der Waals surface area contributed by atoms with Crippen LogP contribution in [0.25, 0.3) is 0 Å². The highest BCUT2D eigenvalue weighted by molar-refractivity contribution is 7.09. The number of aryl methyl sites for hydroxylation is 1. The number of nitrogens with one attached hydrogen (secondary N) is 2. The van der Waals surface area contributed by atoms with Crippen molar-refractivity contribution in [1.82, 2.24) is 20.6 Å². The molecule has 0 saturated heterocycles. The summed E-state index contributed by atoms with van der Waals surface area (Å²) in [5, 5.41) is 9.85. The van der Waals surface area contributed by atoms with E-state index in [4.69, 9.17) is 4.74 Å². The molecule has 0 saturated carbocycles. The molecule has 0 aliphatic rings. The SMILES string of the molecule is CCNC(=NCc1ccnc(OCc2ccccc2)c1)NCCc1csc(C)n1. The number of thiazole rings is 1. The Morgan fingerprint density at radius 3 is 2.76 bits per heavy atom. The second-order valence-corrected chi connectivity index (χ2v) is 7.57. The number of aliphatic imine (C=N–C) groups is 1. The van der Waals surface area contributed by atoms with Crippen LogP contribution in [0.3, 0.4) is 0 Å². The van der Waals surface area contributed by atoms with Crippen LogP contribution in [-0.2, 0) is 19.6 Å². The lowest BCUT2D eigenvalue weighted by Gasteiger charge is -2.11. The monoisotopic (exact) mass is 409 g/mol. The van der Waals surface area contributed by atoms with Gasteiger partial charge >= 0.3 is 0 Å². The highest BCUT2D eigenvalue weighted by Gasteiger charge is 2.03. The number of pyridine rings is 1. The minimum absolute atomic E-state index is 0.501. The van der Waals surface area contributed by atoms with Gasteiger partial charge in [0.05, 0.1) is 17.2 Å². The quantitative estimate of drug-likeness (QED) is 0.416. The molecular formula is C22H27N5OS. The van der Waals surface area contributed by atoms with Crippen molar-refractivity contribution in [3.05, 3.63) is 75.9 Å². The summed E-state index contributed by atoms with van der Waals surface area (Å²) in [7, 11) is 0. The van der Waals surface area contributed by atoms with Gasteiger partial charge in [-0.3, -0.25) is 0 Å². The fourth-order valence-electron chi connectivity index (χ4n) is 2.70. The first kappa shape index (κ1) is 20.8. The molecule has 2 N–H and O–H groups in total. The Hall–Kier alpha value is -2.93. The fraction of sp³-hybridized carbons (Fsp3) is 0.318. The Kier molecular flexibility index (Phi) is 8.01. The van der Waals surface area contributed by atoms with Crippen molar-refractivity contribution in [3.8, 4) is 5.88 Å². The Morgan fingerprint density at radius 1 is 1.14 bits per heavy atom. The molecule has 3 rings (SSSR count). The molecule has 1 aromatic carbocycles. The molecule has 0 amide bonds. The van der Waals surface area contributed by atoms with Gasteiger partial charge in [0.2, 0.25) is 5.88 Å². The molecule has 0 unspecified atom stereocenters. The Bertz CT molecular complexity index is 910. The van der Waals surface area contributed by atoms with Crippen LogP contribution in [0.2, 0.25) is 0 Å². The first-order chi connectivity index (χ1) is 14.2. The van der Waals surface area contributed by atoms with Crippen LogP contribution in [0.15, 0.2) is 59.0 Å². The lowest BCUT2D eigenvalue weighted by Crippen LogP contribution is -2.38. The summed E-state index contributed by atoms with van der Waals surface area (Å²) < 4.78 is 5.81. The van der Waals surface area contributed by atoms with E-state index in [1.54, 1.807) is 17.5 Å². The normalized spacial score (nSPS) is 11.3. The van der Waals surface area contributed by atoms with Crippen molar-refractivity contribution >= 4 is 17.3 Å². The van der Waals surface area contributed by atoms with E-state index in [0.29, 0.717) is 19.0 Å². The third-order valence-electron chi connectivity index (χ3n) is 4.13. The summed E-state index contributed by atoms with van der Waals surface area (Å²) in [5.74, 6) is 1.40. The largest absolute Gasteiger partial charge is 0.473 e. The zero-order chi connectivity index (χ0) is 20.3. The van der Waals surface area contributed by atoms with Crippen molar-refractivity contribution in [1.29, 1.82) is 0 Å². The summed E-state index contributed by atoms with van der Waals surface area (Å²) >= 11 is 1.68. The molecule has 0 spiro atoms. The van der Waals surface area contributed by atoms with E-state index in [2.05, 4.69) is 37.9 Å². The molecule has 3 aromatic rings. The average molecular weight is 410 g/mol. The lowest BCUT2D eigenvalue weighted by atomic mass is 10.2. The topological polar surface area (TPSA) is 71.4 Å². The van der Waals surface area contributed by atoms with Gasteiger partial charge in [-0.25, -0.2) is 15.0 Å². The third kappa shape index (κ3) is 7.19. The maximum absolute atomic E-state index is 5.81. The average Bonchev–Trinajstić information content (AvgIpc) is 3.16. The summed E-state index contributed by atoms with van der Waals surface area (Å²) in [4.78, 5) is 13.5. The Morgan fingerprint density at radius 2 is 2.00 bits per heavy atom. The molecule has 2 heterocycles. The molecule has 7 heteroatoms. The fourth-order valence-corrected chi connectivity index (χ4v) is 3.35. The molecule has 0 aliphatic carbocycles. The number of hydrogen-bond donors (Lipinski definition) is 2. The maximum atomic E-state index is 5.81. The molecule has 0 radical (unpaired) electrons. The van der Waals surface area contributed by atoms with Gasteiger partial charge in [-0.05, 0) is 31.0 Å². The first-order valence-electron chi connectivity index (χ1n) is 9.78. The molecule has 2 aromatic heterocycles. The molecular weight excluding hydrogens is 382 g/mol. The number of guanidine groups is 1. The first-order valence-corrected chi connectivity index (χ1v) is 10.7. The number of nitrogens with zero attached hydrogens (tertiary/aromatic N) is 3. The van der Waals surface area contributed by atoms with Crippen molar-refractivity contribution < 1.29 is 4.74 Å². The maximum Gasteiger partial charge on any atom is 0.213 e. The lowest BCUT2D eigenvalue weighted by molar-refractivity contribution is 0.293. The van der Waals surface area contributed by atoms with Gasteiger partial charge in [-0.1, -0.05) is 30.3 Å². The van der Waals surface area contributed by atoms with E-state index in [-0.39, 0.29) is 0 Å². The van der Waals surface area contributed by atoms with E-state index in [9.17, 15) is 0 Å². The zero-order valence-electron chi connectivity index (χ0n) is 16.9. The van der Waals surface area contributed by atoms with Gasteiger partial charge < -0.3 is 15.4 Å². The van der Waals surface area contributed by atoms with Crippen LogP contribution in [0.5, 0.6) is 5.88 Å². The van der Waals surface area contributed by atoms with Gasteiger partial charge in [-0.15, -0.1) is 11.3 Å². The third-order valence-corrected chi connectivity index (χ3v) is 4.96. The highest BCUT2D eigenvalue weighted by atomic mass is 32.1. The van der Waals surface area contributed by atoms with E-state index < -0.39 is 0 Å². The molecule has 0 fully saturated rings. The Balaban J connectivity index is 1.52.